The third-order valence-corrected chi connectivity index (χ3v) is 5.32. The summed E-state index contributed by atoms with van der Waals surface area (Å²) in [6.45, 7) is 3.90. The van der Waals surface area contributed by atoms with Crippen molar-refractivity contribution >= 4 is 11.5 Å². The Morgan fingerprint density at radius 2 is 1.87 bits per heavy atom. The highest BCUT2D eigenvalue weighted by Gasteiger charge is 2.37. The van der Waals surface area contributed by atoms with Gasteiger partial charge in [-0.2, -0.15) is 18.2 Å². The van der Waals surface area contributed by atoms with E-state index in [-0.39, 0.29) is 24.0 Å². The third-order valence-electron chi connectivity index (χ3n) is 5.32. The van der Waals surface area contributed by atoms with Crippen LogP contribution in [0.15, 0.2) is 30.5 Å². The van der Waals surface area contributed by atoms with Crippen molar-refractivity contribution in [3.63, 3.8) is 0 Å². The molecule has 1 aliphatic carbocycles. The first-order valence-electron chi connectivity index (χ1n) is 10.4. The summed E-state index contributed by atoms with van der Waals surface area (Å²) in [7, 11) is 1.54. The monoisotopic (exact) mass is 423 g/mol. The first kappa shape index (κ1) is 22.2. The highest BCUT2D eigenvalue weighted by atomic mass is 19.4. The molecule has 30 heavy (non-hydrogen) atoms. The molecule has 0 bridgehead atoms. The van der Waals surface area contributed by atoms with Crippen molar-refractivity contribution in [3.05, 3.63) is 36.0 Å². The molecule has 1 aromatic heterocycles. The molecule has 0 radical (unpaired) electrons. The summed E-state index contributed by atoms with van der Waals surface area (Å²) in [5, 5.41) is 0. The largest absolute Gasteiger partial charge is 0.489 e. The van der Waals surface area contributed by atoms with Crippen molar-refractivity contribution < 1.29 is 22.6 Å². The van der Waals surface area contributed by atoms with Crippen molar-refractivity contribution in [3.8, 4) is 11.8 Å². The molecule has 0 amide bonds. The van der Waals surface area contributed by atoms with E-state index in [1.807, 2.05) is 13.8 Å². The average Bonchev–Trinajstić information content (AvgIpc) is 2.73. The van der Waals surface area contributed by atoms with E-state index in [4.69, 9.17) is 9.47 Å². The minimum absolute atomic E-state index is 0.0305. The maximum absolute atomic E-state index is 13.7. The van der Waals surface area contributed by atoms with E-state index in [1.165, 1.54) is 4.90 Å². The zero-order valence-electron chi connectivity index (χ0n) is 17.6. The Hall–Kier alpha value is -2.51. The van der Waals surface area contributed by atoms with Crippen LogP contribution in [0, 0.1) is 0 Å². The Kier molecular flexibility index (Phi) is 7.05. The highest BCUT2D eigenvalue weighted by Crippen LogP contribution is 2.40. The summed E-state index contributed by atoms with van der Waals surface area (Å²) in [5.74, 6) is 0.236. The van der Waals surface area contributed by atoms with Crippen LogP contribution in [0.3, 0.4) is 0 Å². The minimum Gasteiger partial charge on any atom is -0.489 e. The van der Waals surface area contributed by atoms with E-state index >= 15 is 0 Å². The zero-order chi connectivity index (χ0) is 21.7. The normalized spacial score (nSPS) is 16.2. The van der Waals surface area contributed by atoms with Crippen molar-refractivity contribution in [2.24, 2.45) is 0 Å². The van der Waals surface area contributed by atoms with Crippen molar-refractivity contribution in [1.29, 1.82) is 0 Å². The number of nitrogens with zero attached hydrogens (tertiary/aromatic N) is 3. The fraction of sp³-hybridized carbons (Fsp3) is 0.545. The number of hydrogen-bond donors (Lipinski definition) is 0. The Balaban J connectivity index is 1.97. The van der Waals surface area contributed by atoms with Crippen LogP contribution in [-0.2, 0) is 6.18 Å². The van der Waals surface area contributed by atoms with Crippen LogP contribution in [0.4, 0.5) is 24.7 Å². The molecule has 1 aromatic carbocycles. The van der Waals surface area contributed by atoms with Gasteiger partial charge in [0.05, 0.1) is 11.8 Å². The molecule has 2 aromatic rings. The lowest BCUT2D eigenvalue weighted by Crippen LogP contribution is -2.23. The lowest BCUT2D eigenvalue weighted by atomic mass is 9.98. The number of halogens is 3. The first-order valence-corrected chi connectivity index (χ1v) is 10.4. The predicted octanol–water partition coefficient (Wildman–Crippen LogP) is 6.15. The molecule has 164 valence electrons. The van der Waals surface area contributed by atoms with Gasteiger partial charge < -0.3 is 14.4 Å². The van der Waals surface area contributed by atoms with Gasteiger partial charge in [0, 0.05) is 13.2 Å². The van der Waals surface area contributed by atoms with Crippen LogP contribution < -0.4 is 14.4 Å². The SMILES string of the molecule is CCC(C)Oc1ccccc1N(C)c1nc(OC2CCCCC2)ncc1C(F)(F)F. The van der Waals surface area contributed by atoms with Crippen LogP contribution in [0.5, 0.6) is 11.8 Å². The second-order valence-corrected chi connectivity index (χ2v) is 7.63. The number of alkyl halides is 3. The van der Waals surface area contributed by atoms with E-state index in [0.29, 0.717) is 11.4 Å². The van der Waals surface area contributed by atoms with Gasteiger partial charge in [-0.1, -0.05) is 25.5 Å². The van der Waals surface area contributed by atoms with Crippen molar-refractivity contribution in [2.45, 2.75) is 70.8 Å². The number of anilines is 2. The van der Waals surface area contributed by atoms with Crippen LogP contribution in [0.1, 0.15) is 57.9 Å². The topological polar surface area (TPSA) is 47.5 Å². The number of benzene rings is 1. The van der Waals surface area contributed by atoms with E-state index in [1.54, 1.807) is 31.3 Å². The standard InChI is InChI=1S/C22H28F3N3O2/c1-4-15(2)29-19-13-9-8-12-18(19)28(3)20-17(22(23,24)25)14-26-21(27-20)30-16-10-6-5-7-11-16/h8-9,12-16H,4-7,10-11H2,1-3H3. The maximum atomic E-state index is 13.7. The number of rotatable bonds is 7. The van der Waals surface area contributed by atoms with E-state index in [2.05, 4.69) is 9.97 Å². The van der Waals surface area contributed by atoms with Gasteiger partial charge in [0.25, 0.3) is 0 Å². The molecule has 1 atom stereocenters. The van der Waals surface area contributed by atoms with Crippen LogP contribution >= 0.6 is 0 Å². The highest BCUT2D eigenvalue weighted by molar-refractivity contribution is 5.68. The van der Waals surface area contributed by atoms with E-state index < -0.39 is 11.7 Å². The summed E-state index contributed by atoms with van der Waals surface area (Å²) in [5.41, 5.74) is -0.426. The molecular formula is C22H28F3N3O2. The summed E-state index contributed by atoms with van der Waals surface area (Å²) < 4.78 is 52.8. The molecule has 8 heteroatoms. The molecule has 1 unspecified atom stereocenters. The molecule has 0 N–H and O–H groups in total. The molecule has 1 saturated carbocycles. The Labute approximate surface area is 175 Å². The van der Waals surface area contributed by atoms with Gasteiger partial charge in [-0.05, 0) is 51.2 Å². The lowest BCUT2D eigenvalue weighted by molar-refractivity contribution is -0.137. The van der Waals surface area contributed by atoms with Gasteiger partial charge in [-0.3, -0.25) is 0 Å². The summed E-state index contributed by atoms with van der Waals surface area (Å²) in [6, 6.07) is 6.96. The van der Waals surface area contributed by atoms with Gasteiger partial charge in [0.1, 0.15) is 17.4 Å². The molecular weight excluding hydrogens is 395 g/mol. The van der Waals surface area contributed by atoms with Crippen LogP contribution in [0.25, 0.3) is 0 Å². The summed E-state index contributed by atoms with van der Waals surface area (Å²) >= 11 is 0. The van der Waals surface area contributed by atoms with Crippen LogP contribution in [-0.4, -0.2) is 29.2 Å². The van der Waals surface area contributed by atoms with Crippen molar-refractivity contribution in [1.82, 2.24) is 9.97 Å². The van der Waals surface area contributed by atoms with Gasteiger partial charge >= 0.3 is 12.2 Å². The molecule has 1 heterocycles. The fourth-order valence-corrected chi connectivity index (χ4v) is 3.45. The molecule has 1 aliphatic rings. The third kappa shape index (κ3) is 5.34. The van der Waals surface area contributed by atoms with Gasteiger partial charge in [-0.25, -0.2) is 4.98 Å². The fourth-order valence-electron chi connectivity index (χ4n) is 3.45. The molecule has 1 fully saturated rings. The number of aromatic nitrogens is 2. The van der Waals surface area contributed by atoms with E-state index in [9.17, 15) is 13.2 Å². The summed E-state index contributed by atoms with van der Waals surface area (Å²) in [6.07, 6.45) is 1.80. The lowest BCUT2D eigenvalue weighted by Gasteiger charge is -2.26. The number of para-hydroxylation sites is 2. The zero-order valence-corrected chi connectivity index (χ0v) is 17.6. The van der Waals surface area contributed by atoms with E-state index in [0.717, 1.165) is 44.7 Å². The Bertz CT molecular complexity index is 839. The Morgan fingerprint density at radius 3 is 2.53 bits per heavy atom. The molecule has 0 spiro atoms. The predicted molar refractivity (Wildman–Crippen MR) is 109 cm³/mol. The number of hydrogen-bond acceptors (Lipinski definition) is 5. The second kappa shape index (κ2) is 9.53. The van der Waals surface area contributed by atoms with Gasteiger partial charge in [-0.15, -0.1) is 0 Å². The summed E-state index contributed by atoms with van der Waals surface area (Å²) in [4.78, 5) is 9.40. The minimum atomic E-state index is -4.60. The van der Waals surface area contributed by atoms with Crippen LogP contribution in [0.2, 0.25) is 0 Å². The smallest absolute Gasteiger partial charge is 0.421 e. The van der Waals surface area contributed by atoms with Gasteiger partial charge in [0.15, 0.2) is 5.82 Å². The average molecular weight is 423 g/mol. The maximum Gasteiger partial charge on any atom is 0.421 e. The molecule has 0 aliphatic heterocycles. The van der Waals surface area contributed by atoms with Gasteiger partial charge in [0.2, 0.25) is 0 Å². The number of ether oxygens (including phenoxy) is 2. The second-order valence-electron chi connectivity index (χ2n) is 7.63. The van der Waals surface area contributed by atoms with Crippen molar-refractivity contribution in [2.75, 3.05) is 11.9 Å². The molecule has 0 saturated heterocycles. The first-order chi connectivity index (χ1) is 14.3. The molecule has 3 rings (SSSR count). The quantitative estimate of drug-likeness (QED) is 0.534. The Morgan fingerprint density at radius 1 is 1.17 bits per heavy atom. The molecule has 5 nitrogen and oxygen atoms in total.